The van der Waals surface area contributed by atoms with Crippen molar-refractivity contribution in [3.63, 3.8) is 0 Å². The summed E-state index contributed by atoms with van der Waals surface area (Å²) >= 11 is 0. The van der Waals surface area contributed by atoms with Gasteiger partial charge in [0.25, 0.3) is 5.91 Å². The van der Waals surface area contributed by atoms with Crippen LogP contribution in [0.5, 0.6) is 0 Å². The van der Waals surface area contributed by atoms with Gasteiger partial charge in [0, 0.05) is 16.8 Å². The largest absolute Gasteiger partial charge is 0.324 e. The quantitative estimate of drug-likeness (QED) is 0.479. The Kier molecular flexibility index (Phi) is 5.53. The minimum atomic E-state index is -0.335. The second-order valence-electron chi connectivity index (χ2n) is 7.59. The van der Waals surface area contributed by atoms with Crippen LogP contribution >= 0.6 is 0 Å². The van der Waals surface area contributed by atoms with Crippen LogP contribution in [0.2, 0.25) is 0 Å². The fourth-order valence-electron chi connectivity index (χ4n) is 3.61. The van der Waals surface area contributed by atoms with Crippen molar-refractivity contribution in [3.8, 4) is 11.4 Å². The maximum Gasteiger partial charge on any atom is 0.258 e. The molecule has 34 heavy (non-hydrogen) atoms. The highest BCUT2D eigenvalue weighted by Crippen LogP contribution is 2.30. The molecular formula is C24H19N7O3. The number of tetrazole rings is 1. The minimum absolute atomic E-state index is 0.0653. The van der Waals surface area contributed by atoms with Gasteiger partial charge in [-0.2, -0.15) is 4.80 Å². The third kappa shape index (κ3) is 4.37. The van der Waals surface area contributed by atoms with E-state index in [1.165, 1.54) is 9.70 Å². The van der Waals surface area contributed by atoms with E-state index in [4.69, 9.17) is 0 Å². The first-order chi connectivity index (χ1) is 16.6. The van der Waals surface area contributed by atoms with Crippen molar-refractivity contribution in [2.24, 2.45) is 0 Å². The molecule has 4 aromatic rings. The maximum atomic E-state index is 13.0. The van der Waals surface area contributed by atoms with E-state index in [-0.39, 0.29) is 30.8 Å². The Labute approximate surface area is 194 Å². The number of aromatic nitrogens is 4. The summed E-state index contributed by atoms with van der Waals surface area (Å²) in [5.41, 5.74) is 2.95. The number of para-hydroxylation sites is 2. The molecule has 3 aromatic carbocycles. The summed E-state index contributed by atoms with van der Waals surface area (Å²) in [5.74, 6) is -0.463. The first kappa shape index (κ1) is 21.0. The predicted octanol–water partition coefficient (Wildman–Crippen LogP) is 2.58. The number of carbonyl (C=O) groups excluding carboxylic acids is 3. The van der Waals surface area contributed by atoms with Crippen LogP contribution in [0.25, 0.3) is 11.4 Å². The molecule has 10 nitrogen and oxygen atoms in total. The molecule has 1 aromatic heterocycles. The third-order valence-electron chi connectivity index (χ3n) is 5.20. The number of nitrogens with one attached hydrogen (secondary N) is 2. The molecule has 0 saturated carbocycles. The van der Waals surface area contributed by atoms with Gasteiger partial charge in [-0.3, -0.25) is 19.3 Å². The van der Waals surface area contributed by atoms with Crippen molar-refractivity contribution in [2.75, 3.05) is 22.1 Å². The van der Waals surface area contributed by atoms with Gasteiger partial charge in [0.15, 0.2) is 0 Å². The van der Waals surface area contributed by atoms with Crippen LogP contribution in [0.1, 0.15) is 10.4 Å². The zero-order chi connectivity index (χ0) is 23.5. The topological polar surface area (TPSA) is 122 Å². The first-order valence-corrected chi connectivity index (χ1v) is 10.5. The zero-order valence-electron chi connectivity index (χ0n) is 17.9. The van der Waals surface area contributed by atoms with Crippen LogP contribution in [-0.2, 0) is 16.1 Å². The minimum Gasteiger partial charge on any atom is -0.324 e. The van der Waals surface area contributed by atoms with Gasteiger partial charge in [-0.05, 0) is 41.6 Å². The number of fused-ring (bicyclic) bond motifs is 1. The summed E-state index contributed by atoms with van der Waals surface area (Å²) < 4.78 is 0. The Morgan fingerprint density at radius 2 is 1.68 bits per heavy atom. The lowest BCUT2D eigenvalue weighted by Gasteiger charge is -2.29. The van der Waals surface area contributed by atoms with Crippen molar-refractivity contribution in [2.45, 2.75) is 6.54 Å². The molecule has 0 atom stereocenters. The molecule has 10 heteroatoms. The lowest BCUT2D eigenvalue weighted by molar-refractivity contribution is -0.117. The van der Waals surface area contributed by atoms with E-state index < -0.39 is 0 Å². The highest BCUT2D eigenvalue weighted by Gasteiger charge is 2.27. The molecule has 168 valence electrons. The first-order valence-electron chi connectivity index (χ1n) is 10.5. The van der Waals surface area contributed by atoms with Crippen molar-refractivity contribution >= 4 is 34.8 Å². The molecule has 0 bridgehead atoms. The third-order valence-corrected chi connectivity index (χ3v) is 5.20. The van der Waals surface area contributed by atoms with Crippen molar-refractivity contribution in [3.05, 3.63) is 84.4 Å². The Morgan fingerprint density at radius 3 is 2.47 bits per heavy atom. The van der Waals surface area contributed by atoms with E-state index in [0.717, 1.165) is 5.56 Å². The number of rotatable bonds is 5. The van der Waals surface area contributed by atoms with E-state index in [1.807, 2.05) is 36.4 Å². The average Bonchev–Trinajstić information content (AvgIpc) is 3.32. The van der Waals surface area contributed by atoms with E-state index >= 15 is 0 Å². The van der Waals surface area contributed by atoms with Crippen LogP contribution in [0.3, 0.4) is 0 Å². The van der Waals surface area contributed by atoms with E-state index in [9.17, 15) is 14.4 Å². The summed E-state index contributed by atoms with van der Waals surface area (Å²) in [7, 11) is 0. The second kappa shape index (κ2) is 8.94. The summed E-state index contributed by atoms with van der Waals surface area (Å²) in [6, 6.07) is 23.0. The van der Waals surface area contributed by atoms with Crippen molar-refractivity contribution < 1.29 is 14.4 Å². The summed E-state index contributed by atoms with van der Waals surface area (Å²) in [4.78, 5) is 40.1. The monoisotopic (exact) mass is 453 g/mol. The molecule has 0 radical (unpaired) electrons. The van der Waals surface area contributed by atoms with Gasteiger partial charge in [0.1, 0.15) is 13.1 Å². The van der Waals surface area contributed by atoms with Crippen LogP contribution < -0.4 is 15.5 Å². The van der Waals surface area contributed by atoms with Gasteiger partial charge in [-0.1, -0.05) is 42.5 Å². The maximum absolute atomic E-state index is 13.0. The number of amides is 3. The number of hydrogen-bond donors (Lipinski definition) is 2. The second-order valence-corrected chi connectivity index (χ2v) is 7.59. The van der Waals surface area contributed by atoms with Crippen molar-refractivity contribution in [1.29, 1.82) is 0 Å². The molecule has 0 spiro atoms. The Bertz CT molecular complexity index is 1370. The lowest BCUT2D eigenvalue weighted by Crippen LogP contribution is -2.42. The summed E-state index contributed by atoms with van der Waals surface area (Å²) in [6.45, 7) is -0.176. The molecule has 5 rings (SSSR count). The predicted molar refractivity (Wildman–Crippen MR) is 125 cm³/mol. The van der Waals surface area contributed by atoms with Gasteiger partial charge in [-0.25, -0.2) is 0 Å². The highest BCUT2D eigenvalue weighted by atomic mass is 16.2. The van der Waals surface area contributed by atoms with E-state index in [1.54, 1.807) is 42.5 Å². The standard InChI is InChI=1S/C24H19N7O3/c32-21-14-30(20-9-5-4-8-19(20)26-21)24(34)17-10-12-18(13-11-17)25-22(33)15-31-28-23(27-29-31)16-6-2-1-3-7-16/h1-13H,14-15H2,(H,25,33)(H,26,32). The highest BCUT2D eigenvalue weighted by molar-refractivity contribution is 6.15. The molecule has 2 N–H and O–H groups in total. The Morgan fingerprint density at radius 1 is 0.941 bits per heavy atom. The van der Waals surface area contributed by atoms with E-state index in [2.05, 4.69) is 26.0 Å². The number of benzene rings is 3. The van der Waals surface area contributed by atoms with Gasteiger partial charge < -0.3 is 10.6 Å². The van der Waals surface area contributed by atoms with Crippen LogP contribution in [-0.4, -0.2) is 44.5 Å². The van der Waals surface area contributed by atoms with Crippen LogP contribution in [0.15, 0.2) is 78.9 Å². The Balaban J connectivity index is 1.23. The fourth-order valence-corrected chi connectivity index (χ4v) is 3.61. The van der Waals surface area contributed by atoms with Crippen LogP contribution in [0.4, 0.5) is 17.1 Å². The molecule has 0 aliphatic carbocycles. The molecule has 0 fully saturated rings. The van der Waals surface area contributed by atoms with Crippen molar-refractivity contribution in [1.82, 2.24) is 20.2 Å². The summed E-state index contributed by atoms with van der Waals surface area (Å²) in [6.07, 6.45) is 0. The molecule has 3 amide bonds. The molecule has 1 aliphatic heterocycles. The zero-order valence-corrected chi connectivity index (χ0v) is 17.9. The molecule has 0 unspecified atom stereocenters. The van der Waals surface area contributed by atoms with Gasteiger partial charge in [0.2, 0.25) is 17.6 Å². The normalized spacial score (nSPS) is 12.6. The van der Waals surface area contributed by atoms with Crippen LogP contribution in [0, 0.1) is 0 Å². The summed E-state index contributed by atoms with van der Waals surface area (Å²) in [5, 5.41) is 17.6. The Hall–Kier alpha value is -4.86. The van der Waals surface area contributed by atoms with Gasteiger partial charge in [0.05, 0.1) is 11.4 Å². The van der Waals surface area contributed by atoms with Gasteiger partial charge >= 0.3 is 0 Å². The number of carbonyl (C=O) groups is 3. The smallest absolute Gasteiger partial charge is 0.258 e. The number of anilines is 3. The van der Waals surface area contributed by atoms with Gasteiger partial charge in [-0.15, -0.1) is 10.2 Å². The molecular weight excluding hydrogens is 434 g/mol. The lowest BCUT2D eigenvalue weighted by atomic mass is 10.1. The fraction of sp³-hybridized carbons (Fsp3) is 0.0833. The number of nitrogens with zero attached hydrogens (tertiary/aromatic N) is 5. The molecule has 2 heterocycles. The SMILES string of the molecule is O=C(Cn1nnc(-c2ccccc2)n1)Nc1ccc(C(=O)N2CC(=O)Nc3ccccc32)cc1. The number of hydrogen-bond acceptors (Lipinski definition) is 6. The molecule has 0 saturated heterocycles. The average molecular weight is 453 g/mol. The van der Waals surface area contributed by atoms with E-state index in [0.29, 0.717) is 28.5 Å². The molecule has 1 aliphatic rings.